The van der Waals surface area contributed by atoms with Crippen molar-refractivity contribution in [3.8, 4) is 0 Å². The number of hydrogen-bond donors (Lipinski definition) is 1. The summed E-state index contributed by atoms with van der Waals surface area (Å²) in [6.07, 6.45) is 9.36. The van der Waals surface area contributed by atoms with Gasteiger partial charge in [0.05, 0.1) is 11.5 Å². The number of halogens is 2. The van der Waals surface area contributed by atoms with E-state index in [1.165, 1.54) is 5.56 Å². The zero-order chi connectivity index (χ0) is 22.7. The van der Waals surface area contributed by atoms with Gasteiger partial charge in [-0.05, 0) is 74.9 Å². The van der Waals surface area contributed by atoms with Crippen molar-refractivity contribution in [1.29, 1.82) is 0 Å². The fraction of sp³-hybridized carbons (Fsp3) is 0.519. The molecule has 0 radical (unpaired) electrons. The second-order valence-electron chi connectivity index (χ2n) is 9.99. The molecule has 6 nitrogen and oxygen atoms in total. The maximum Gasteiger partial charge on any atom is 0.229 e. The van der Waals surface area contributed by atoms with Crippen molar-refractivity contribution < 1.29 is 9.59 Å². The highest BCUT2D eigenvalue weighted by atomic mass is 35.5. The predicted molar refractivity (Wildman–Crippen MR) is 142 cm³/mol. The van der Waals surface area contributed by atoms with E-state index < -0.39 is 0 Å². The van der Waals surface area contributed by atoms with Crippen molar-refractivity contribution in [2.45, 2.75) is 51.1 Å². The third-order valence-corrected chi connectivity index (χ3v) is 7.74. The van der Waals surface area contributed by atoms with E-state index in [9.17, 15) is 9.59 Å². The molecule has 1 spiro atoms. The van der Waals surface area contributed by atoms with Crippen LogP contribution < -0.4 is 5.32 Å². The Morgan fingerprint density at radius 1 is 1.00 bits per heavy atom. The van der Waals surface area contributed by atoms with Gasteiger partial charge in [0.25, 0.3) is 0 Å². The van der Waals surface area contributed by atoms with Crippen molar-refractivity contribution in [1.82, 2.24) is 20.1 Å². The van der Waals surface area contributed by atoms with Crippen molar-refractivity contribution in [3.05, 3.63) is 66.0 Å². The van der Waals surface area contributed by atoms with Gasteiger partial charge >= 0.3 is 0 Å². The summed E-state index contributed by atoms with van der Waals surface area (Å²) in [5.74, 6) is 0.750. The molecule has 1 aromatic carbocycles. The molecule has 3 fully saturated rings. The quantitative estimate of drug-likeness (QED) is 0.562. The Kier molecular flexibility index (Phi) is 9.56. The topological polar surface area (TPSA) is 65.5 Å². The van der Waals surface area contributed by atoms with Crippen LogP contribution in [0.3, 0.4) is 0 Å². The Labute approximate surface area is 220 Å². The first-order valence-electron chi connectivity index (χ1n) is 12.4. The van der Waals surface area contributed by atoms with Crippen molar-refractivity contribution >= 4 is 36.6 Å². The molecule has 2 amide bonds. The molecule has 1 aromatic heterocycles. The Bertz CT molecular complexity index is 964. The number of carbonyl (C=O) groups is 2. The summed E-state index contributed by atoms with van der Waals surface area (Å²) in [6.45, 7) is 4.38. The lowest BCUT2D eigenvalue weighted by atomic mass is 9.77. The molecule has 35 heavy (non-hydrogen) atoms. The van der Waals surface area contributed by atoms with Crippen LogP contribution >= 0.6 is 24.8 Å². The van der Waals surface area contributed by atoms with Gasteiger partial charge in [-0.2, -0.15) is 0 Å². The van der Waals surface area contributed by atoms with Gasteiger partial charge in [-0.15, -0.1) is 24.8 Å². The average molecular weight is 520 g/mol. The largest absolute Gasteiger partial charge is 0.349 e. The third-order valence-electron chi connectivity index (χ3n) is 7.74. The summed E-state index contributed by atoms with van der Waals surface area (Å²) >= 11 is 0. The van der Waals surface area contributed by atoms with E-state index in [4.69, 9.17) is 0 Å². The van der Waals surface area contributed by atoms with Crippen molar-refractivity contribution in [2.75, 3.05) is 26.2 Å². The van der Waals surface area contributed by atoms with Gasteiger partial charge in [0.1, 0.15) is 0 Å². The highest BCUT2D eigenvalue weighted by molar-refractivity contribution is 5.86. The van der Waals surface area contributed by atoms with Gasteiger partial charge in [0, 0.05) is 37.9 Å². The molecule has 1 atom stereocenters. The second kappa shape index (κ2) is 12.2. The molecule has 190 valence electrons. The first-order chi connectivity index (χ1) is 16.1. The van der Waals surface area contributed by atoms with E-state index in [0.29, 0.717) is 12.5 Å². The van der Waals surface area contributed by atoms with Crippen LogP contribution in [0.1, 0.15) is 55.7 Å². The van der Waals surface area contributed by atoms with Gasteiger partial charge in [-0.1, -0.05) is 30.3 Å². The minimum atomic E-state index is -0.178. The molecule has 1 N–H and O–H groups in total. The molecule has 0 bridgehead atoms. The Morgan fingerprint density at radius 3 is 2.31 bits per heavy atom. The number of pyridine rings is 1. The molecule has 1 saturated carbocycles. The van der Waals surface area contributed by atoms with Crippen LogP contribution in [0.15, 0.2) is 54.9 Å². The monoisotopic (exact) mass is 518 g/mol. The molecule has 3 aliphatic rings. The van der Waals surface area contributed by atoms with E-state index in [2.05, 4.69) is 27.3 Å². The maximum absolute atomic E-state index is 13.3. The first kappa shape index (κ1) is 27.4. The molecule has 0 unspecified atom stereocenters. The average Bonchev–Trinajstić information content (AvgIpc) is 3.67. The first-order valence-corrected chi connectivity index (χ1v) is 12.4. The van der Waals surface area contributed by atoms with E-state index in [-0.39, 0.29) is 48.1 Å². The van der Waals surface area contributed by atoms with Crippen LogP contribution in [0.5, 0.6) is 0 Å². The van der Waals surface area contributed by atoms with Gasteiger partial charge in [0.15, 0.2) is 0 Å². The minimum absolute atomic E-state index is 0. The molecule has 2 aliphatic heterocycles. The standard InChI is InChI=1S/C27H34N4O2.2ClH/c32-25(23-6-7-23)29-24(22-4-2-1-3-5-22)10-16-30-17-11-27(12-18-30)13-19-31(26(27)33)20-21-8-14-28-15-9-21;;/h1-5,8-9,14-15,23-24H,6-7,10-13,16-20H2,(H,29,32);2*1H/t24-;;/m0../s1. The van der Waals surface area contributed by atoms with Gasteiger partial charge < -0.3 is 15.1 Å². The zero-order valence-corrected chi connectivity index (χ0v) is 21.7. The number of amides is 2. The summed E-state index contributed by atoms with van der Waals surface area (Å²) in [5, 5.41) is 3.29. The molecule has 5 rings (SSSR count). The SMILES string of the molecule is Cl.Cl.O=C(N[C@@H](CCN1CCC2(CC1)CCN(Cc1ccncc1)C2=O)c1ccccc1)C1CC1. The number of nitrogens with one attached hydrogen (secondary N) is 1. The number of rotatable bonds is 8. The number of aromatic nitrogens is 1. The van der Waals surface area contributed by atoms with E-state index in [1.807, 2.05) is 35.2 Å². The third kappa shape index (κ3) is 6.54. The fourth-order valence-electron chi connectivity index (χ4n) is 5.38. The molecular formula is C27H36Cl2N4O2. The van der Waals surface area contributed by atoms with E-state index in [0.717, 1.165) is 70.3 Å². The van der Waals surface area contributed by atoms with Crippen LogP contribution in [-0.2, 0) is 16.1 Å². The Morgan fingerprint density at radius 2 is 1.66 bits per heavy atom. The Balaban J connectivity index is 0.00000171. The van der Waals surface area contributed by atoms with E-state index >= 15 is 0 Å². The van der Waals surface area contributed by atoms with Crippen LogP contribution in [0.2, 0.25) is 0 Å². The molecule has 8 heteroatoms. The van der Waals surface area contributed by atoms with Crippen LogP contribution in [-0.4, -0.2) is 52.8 Å². The zero-order valence-electron chi connectivity index (χ0n) is 20.1. The highest BCUT2D eigenvalue weighted by Crippen LogP contribution is 2.42. The van der Waals surface area contributed by atoms with Crippen molar-refractivity contribution in [2.24, 2.45) is 11.3 Å². The second-order valence-corrected chi connectivity index (χ2v) is 9.99. The molecule has 2 aromatic rings. The predicted octanol–water partition coefficient (Wildman–Crippen LogP) is 4.40. The lowest BCUT2D eigenvalue weighted by Gasteiger charge is -2.38. The number of benzene rings is 1. The lowest BCUT2D eigenvalue weighted by Crippen LogP contribution is -2.45. The molecule has 2 saturated heterocycles. The molecule has 1 aliphatic carbocycles. The van der Waals surface area contributed by atoms with Crippen LogP contribution in [0.4, 0.5) is 0 Å². The minimum Gasteiger partial charge on any atom is -0.349 e. The number of nitrogens with zero attached hydrogens (tertiary/aromatic N) is 3. The van der Waals surface area contributed by atoms with Gasteiger partial charge in [0.2, 0.25) is 11.8 Å². The Hall–Kier alpha value is -2.15. The van der Waals surface area contributed by atoms with Crippen molar-refractivity contribution in [3.63, 3.8) is 0 Å². The van der Waals surface area contributed by atoms with Crippen LogP contribution in [0, 0.1) is 11.3 Å². The summed E-state index contributed by atoms with van der Waals surface area (Å²) in [5.41, 5.74) is 2.15. The summed E-state index contributed by atoms with van der Waals surface area (Å²) in [4.78, 5) is 34.3. The fourth-order valence-corrected chi connectivity index (χ4v) is 5.38. The number of likely N-dealkylation sites (tertiary alicyclic amines) is 2. The summed E-state index contributed by atoms with van der Waals surface area (Å²) in [7, 11) is 0. The maximum atomic E-state index is 13.3. The normalized spacial score (nSPS) is 20.1. The van der Waals surface area contributed by atoms with E-state index in [1.54, 1.807) is 12.4 Å². The summed E-state index contributed by atoms with van der Waals surface area (Å²) < 4.78 is 0. The highest BCUT2D eigenvalue weighted by Gasteiger charge is 2.47. The summed E-state index contributed by atoms with van der Waals surface area (Å²) in [6, 6.07) is 14.4. The number of piperidine rings is 1. The lowest BCUT2D eigenvalue weighted by molar-refractivity contribution is -0.139. The number of carbonyl (C=O) groups excluding carboxylic acids is 2. The van der Waals surface area contributed by atoms with Gasteiger partial charge in [-0.25, -0.2) is 0 Å². The van der Waals surface area contributed by atoms with Gasteiger partial charge in [-0.3, -0.25) is 14.6 Å². The van der Waals surface area contributed by atoms with Crippen LogP contribution in [0.25, 0.3) is 0 Å². The molecule has 3 heterocycles. The smallest absolute Gasteiger partial charge is 0.229 e. The number of hydrogen-bond acceptors (Lipinski definition) is 4. The molecular weight excluding hydrogens is 483 g/mol.